The highest BCUT2D eigenvalue weighted by atomic mass is 32.2. The van der Waals surface area contributed by atoms with Crippen molar-refractivity contribution in [1.29, 1.82) is 0 Å². The Bertz CT molecular complexity index is 1140. The zero-order valence-electron chi connectivity index (χ0n) is 14.0. The van der Waals surface area contributed by atoms with Crippen LogP contribution in [0.2, 0.25) is 0 Å². The van der Waals surface area contributed by atoms with Gasteiger partial charge in [-0.25, -0.2) is 18.4 Å². The summed E-state index contributed by atoms with van der Waals surface area (Å²) >= 11 is 1.02. The van der Waals surface area contributed by atoms with Crippen LogP contribution in [0.15, 0.2) is 41.3 Å². The minimum Gasteiger partial charge on any atom is -0.452 e. The summed E-state index contributed by atoms with van der Waals surface area (Å²) in [6.45, 7) is 1.06. The largest absolute Gasteiger partial charge is 0.452 e. The van der Waals surface area contributed by atoms with Gasteiger partial charge in [-0.05, 0) is 36.8 Å². The highest BCUT2D eigenvalue weighted by molar-refractivity contribution is 7.89. The predicted molar refractivity (Wildman–Crippen MR) is 98.9 cm³/mol. The molecule has 140 valence electrons. The zero-order valence-corrected chi connectivity index (χ0v) is 15.6. The first kappa shape index (κ1) is 18.9. The van der Waals surface area contributed by atoms with E-state index in [1.54, 1.807) is 25.1 Å². The fraction of sp³-hybridized carbons (Fsp3) is 0.125. The van der Waals surface area contributed by atoms with E-state index in [0.29, 0.717) is 22.3 Å². The third-order valence-electron chi connectivity index (χ3n) is 3.65. The number of anilines is 1. The molecule has 0 spiro atoms. The van der Waals surface area contributed by atoms with Crippen LogP contribution in [0.3, 0.4) is 0 Å². The molecule has 11 heteroatoms. The van der Waals surface area contributed by atoms with Gasteiger partial charge in [0.15, 0.2) is 6.61 Å². The van der Waals surface area contributed by atoms with E-state index in [0.717, 1.165) is 17.8 Å². The number of carbonyl (C=O) groups excluding carboxylic acids is 2. The van der Waals surface area contributed by atoms with Crippen LogP contribution < -0.4 is 10.5 Å². The number of fused-ring (bicyclic) bond motifs is 1. The smallest absolute Gasteiger partial charge is 0.338 e. The lowest BCUT2D eigenvalue weighted by Gasteiger charge is -2.09. The second-order valence-corrected chi connectivity index (χ2v) is 7.67. The second kappa shape index (κ2) is 7.39. The number of aromatic nitrogens is 2. The fourth-order valence-electron chi connectivity index (χ4n) is 2.30. The van der Waals surface area contributed by atoms with Crippen molar-refractivity contribution in [3.63, 3.8) is 0 Å². The van der Waals surface area contributed by atoms with Crippen LogP contribution in [0.1, 0.15) is 15.9 Å². The summed E-state index contributed by atoms with van der Waals surface area (Å²) < 4.78 is 36.0. The topological polar surface area (TPSA) is 141 Å². The molecule has 1 amide bonds. The summed E-state index contributed by atoms with van der Waals surface area (Å²) in [4.78, 5) is 24.1. The van der Waals surface area contributed by atoms with Crippen molar-refractivity contribution in [2.45, 2.75) is 11.8 Å². The maximum atomic E-state index is 12.2. The average molecular weight is 406 g/mol. The SMILES string of the molecule is Cc1ccc(S(N)(=O)=O)cc1C(=O)OCC(=O)Nc1cccc2nsnc12. The number of benzene rings is 2. The molecule has 0 aliphatic carbocycles. The Morgan fingerprint density at radius 2 is 2.00 bits per heavy atom. The van der Waals surface area contributed by atoms with Crippen molar-refractivity contribution in [2.75, 3.05) is 11.9 Å². The molecule has 0 atom stereocenters. The Kier molecular flexibility index (Phi) is 5.17. The Labute approximate surface area is 158 Å². The molecule has 3 N–H and O–H groups in total. The Balaban J connectivity index is 1.69. The fourth-order valence-corrected chi connectivity index (χ4v) is 3.39. The molecule has 9 nitrogen and oxygen atoms in total. The lowest BCUT2D eigenvalue weighted by Crippen LogP contribution is -2.22. The molecule has 0 saturated carbocycles. The molecule has 0 unspecified atom stereocenters. The number of hydrogen-bond donors (Lipinski definition) is 2. The first-order valence-electron chi connectivity index (χ1n) is 7.57. The molecular weight excluding hydrogens is 392 g/mol. The molecule has 1 aromatic heterocycles. The van der Waals surface area contributed by atoms with Crippen LogP contribution in [-0.4, -0.2) is 35.6 Å². The number of ether oxygens (including phenoxy) is 1. The molecule has 0 bridgehead atoms. The lowest BCUT2D eigenvalue weighted by molar-refractivity contribution is -0.119. The van der Waals surface area contributed by atoms with Crippen LogP contribution in [0.4, 0.5) is 5.69 Å². The van der Waals surface area contributed by atoms with Crippen molar-refractivity contribution in [3.05, 3.63) is 47.5 Å². The predicted octanol–water partition coefficient (Wildman–Crippen LogP) is 1.44. The first-order chi connectivity index (χ1) is 12.8. The number of hydrogen-bond acceptors (Lipinski definition) is 8. The van der Waals surface area contributed by atoms with Gasteiger partial charge in [0, 0.05) is 0 Å². The van der Waals surface area contributed by atoms with Crippen molar-refractivity contribution in [2.24, 2.45) is 5.14 Å². The minimum atomic E-state index is -3.96. The number of rotatable bonds is 5. The number of nitrogens with one attached hydrogen (secondary N) is 1. The Morgan fingerprint density at radius 3 is 2.74 bits per heavy atom. The van der Waals surface area contributed by atoms with E-state index in [4.69, 9.17) is 9.88 Å². The van der Waals surface area contributed by atoms with Gasteiger partial charge in [-0.3, -0.25) is 4.79 Å². The van der Waals surface area contributed by atoms with E-state index in [1.807, 2.05) is 0 Å². The number of nitrogens with two attached hydrogens (primary N) is 1. The maximum Gasteiger partial charge on any atom is 0.338 e. The third-order valence-corrected chi connectivity index (χ3v) is 5.11. The van der Waals surface area contributed by atoms with Gasteiger partial charge in [0.05, 0.1) is 27.9 Å². The van der Waals surface area contributed by atoms with Crippen molar-refractivity contribution < 1.29 is 22.7 Å². The summed E-state index contributed by atoms with van der Waals surface area (Å²) in [5, 5.41) is 7.67. The summed E-state index contributed by atoms with van der Waals surface area (Å²) in [7, 11) is -3.96. The third kappa shape index (κ3) is 4.27. The van der Waals surface area contributed by atoms with Crippen LogP contribution in [0.5, 0.6) is 0 Å². The van der Waals surface area contributed by atoms with Crippen LogP contribution >= 0.6 is 11.7 Å². The molecule has 27 heavy (non-hydrogen) atoms. The molecule has 0 radical (unpaired) electrons. The summed E-state index contributed by atoms with van der Waals surface area (Å²) in [5.41, 5.74) is 2.14. The minimum absolute atomic E-state index is 0.0140. The van der Waals surface area contributed by atoms with Crippen molar-refractivity contribution in [1.82, 2.24) is 8.75 Å². The standard InChI is InChI=1S/C16H14N4O5S2/c1-9-5-6-10(27(17,23)24)7-11(9)16(22)25-8-14(21)18-12-3-2-4-13-15(12)20-26-19-13/h2-7H,8H2,1H3,(H,18,21)(H2,17,23,24). The Morgan fingerprint density at radius 1 is 1.22 bits per heavy atom. The summed E-state index contributed by atoms with van der Waals surface area (Å²) in [6.07, 6.45) is 0. The number of esters is 1. The van der Waals surface area contributed by atoms with Gasteiger partial charge < -0.3 is 10.1 Å². The van der Waals surface area contributed by atoms with Gasteiger partial charge in [-0.15, -0.1) is 0 Å². The van der Waals surface area contributed by atoms with E-state index in [2.05, 4.69) is 14.1 Å². The van der Waals surface area contributed by atoms with Crippen LogP contribution in [-0.2, 0) is 19.6 Å². The van der Waals surface area contributed by atoms with Gasteiger partial charge in [0.1, 0.15) is 11.0 Å². The molecule has 0 aliphatic rings. The molecule has 0 aliphatic heterocycles. The van der Waals surface area contributed by atoms with Gasteiger partial charge >= 0.3 is 5.97 Å². The van der Waals surface area contributed by atoms with E-state index < -0.39 is 28.5 Å². The summed E-state index contributed by atoms with van der Waals surface area (Å²) in [6, 6.07) is 8.97. The quantitative estimate of drug-likeness (QED) is 0.611. The van der Waals surface area contributed by atoms with Crippen molar-refractivity contribution >= 4 is 50.3 Å². The molecule has 2 aromatic carbocycles. The molecule has 3 rings (SSSR count). The van der Waals surface area contributed by atoms with Gasteiger partial charge in [-0.1, -0.05) is 12.1 Å². The van der Waals surface area contributed by atoms with E-state index in [-0.39, 0.29) is 10.5 Å². The molecule has 0 saturated heterocycles. The zero-order chi connectivity index (χ0) is 19.6. The number of primary sulfonamides is 1. The van der Waals surface area contributed by atoms with E-state index in [9.17, 15) is 18.0 Å². The van der Waals surface area contributed by atoms with E-state index >= 15 is 0 Å². The van der Waals surface area contributed by atoms with Gasteiger partial charge in [-0.2, -0.15) is 8.75 Å². The molecule has 0 fully saturated rings. The number of nitrogens with zero attached hydrogens (tertiary/aromatic N) is 2. The Hall–Kier alpha value is -2.89. The highest BCUT2D eigenvalue weighted by Crippen LogP contribution is 2.21. The molecule has 1 heterocycles. The number of aryl methyl sites for hydroxylation is 1. The number of carbonyl (C=O) groups is 2. The second-order valence-electron chi connectivity index (χ2n) is 5.58. The lowest BCUT2D eigenvalue weighted by atomic mass is 10.1. The molecular formula is C16H14N4O5S2. The summed E-state index contributed by atoms with van der Waals surface area (Å²) in [5.74, 6) is -1.40. The maximum absolute atomic E-state index is 12.2. The van der Waals surface area contributed by atoms with E-state index in [1.165, 1.54) is 12.1 Å². The first-order valence-corrected chi connectivity index (χ1v) is 9.85. The van der Waals surface area contributed by atoms with Gasteiger partial charge in [0.2, 0.25) is 10.0 Å². The normalized spacial score (nSPS) is 11.3. The van der Waals surface area contributed by atoms with Gasteiger partial charge in [0.25, 0.3) is 5.91 Å². The monoisotopic (exact) mass is 406 g/mol. The number of amides is 1. The number of sulfonamides is 1. The van der Waals surface area contributed by atoms with Crippen LogP contribution in [0, 0.1) is 6.92 Å². The van der Waals surface area contributed by atoms with Crippen LogP contribution in [0.25, 0.3) is 11.0 Å². The average Bonchev–Trinajstić information content (AvgIpc) is 3.09. The molecule has 3 aromatic rings. The highest BCUT2D eigenvalue weighted by Gasteiger charge is 2.17. The van der Waals surface area contributed by atoms with Crippen molar-refractivity contribution in [3.8, 4) is 0 Å².